The molecule has 2 N–H and O–H groups in total. The average Bonchev–Trinajstić information content (AvgIpc) is 2.26. The lowest BCUT2D eigenvalue weighted by Gasteiger charge is -2.23. The highest BCUT2D eigenvalue weighted by atomic mass is 35.5. The quantitative estimate of drug-likeness (QED) is 0.758. The molecule has 7 heteroatoms. The number of carbonyl (C=O) groups excluding carboxylic acids is 1. The van der Waals surface area contributed by atoms with E-state index in [9.17, 15) is 13.2 Å². The van der Waals surface area contributed by atoms with Crippen LogP contribution in [0.25, 0.3) is 0 Å². The van der Waals surface area contributed by atoms with Crippen molar-refractivity contribution in [2.45, 2.75) is 39.2 Å². The highest BCUT2D eigenvalue weighted by Gasteiger charge is 2.18. The van der Waals surface area contributed by atoms with Gasteiger partial charge in [0.25, 0.3) is 0 Å². The van der Waals surface area contributed by atoms with Gasteiger partial charge in [0, 0.05) is 19.0 Å². The standard InChI is InChI=1S/C12H24N2O3S.ClH/c1-10(2)9-18(16,17)7-5-12(15)14-11-4-3-6-13-8-11;/h10-11,13H,3-9H2,1-2H3,(H,14,15);1H. The molecule has 1 atom stereocenters. The molecule has 1 saturated heterocycles. The van der Waals surface area contributed by atoms with Crippen molar-refractivity contribution in [3.8, 4) is 0 Å². The highest BCUT2D eigenvalue weighted by Crippen LogP contribution is 2.04. The van der Waals surface area contributed by atoms with E-state index in [2.05, 4.69) is 10.6 Å². The summed E-state index contributed by atoms with van der Waals surface area (Å²) in [5, 5.41) is 6.08. The van der Waals surface area contributed by atoms with Crippen LogP contribution in [-0.4, -0.2) is 45.0 Å². The molecule has 0 spiro atoms. The molecule has 0 aliphatic carbocycles. The van der Waals surface area contributed by atoms with Crippen LogP contribution in [-0.2, 0) is 14.6 Å². The van der Waals surface area contributed by atoms with Gasteiger partial charge in [0.1, 0.15) is 0 Å². The maximum atomic E-state index is 11.6. The summed E-state index contributed by atoms with van der Waals surface area (Å²) in [6.07, 6.45) is 2.10. The lowest BCUT2D eigenvalue weighted by Crippen LogP contribution is -2.45. The summed E-state index contributed by atoms with van der Waals surface area (Å²) in [4.78, 5) is 11.6. The normalized spacial score (nSPS) is 19.8. The van der Waals surface area contributed by atoms with Crippen LogP contribution in [0.1, 0.15) is 33.1 Å². The minimum absolute atomic E-state index is 0. The molecule has 1 fully saturated rings. The van der Waals surface area contributed by atoms with E-state index in [0.717, 1.165) is 25.9 Å². The molecule has 114 valence electrons. The summed E-state index contributed by atoms with van der Waals surface area (Å²) >= 11 is 0. The van der Waals surface area contributed by atoms with E-state index < -0.39 is 9.84 Å². The molecule has 0 aromatic rings. The molecule has 0 radical (unpaired) electrons. The molecule has 1 rings (SSSR count). The van der Waals surface area contributed by atoms with Crippen molar-refractivity contribution >= 4 is 28.2 Å². The van der Waals surface area contributed by atoms with E-state index in [1.807, 2.05) is 13.8 Å². The number of hydrogen-bond acceptors (Lipinski definition) is 4. The van der Waals surface area contributed by atoms with Crippen molar-refractivity contribution in [2.75, 3.05) is 24.6 Å². The largest absolute Gasteiger partial charge is 0.352 e. The Morgan fingerprint density at radius 3 is 2.63 bits per heavy atom. The molecule has 0 bridgehead atoms. The molecule has 0 aromatic carbocycles. The summed E-state index contributed by atoms with van der Waals surface area (Å²) in [6.45, 7) is 5.51. The number of sulfone groups is 1. The zero-order valence-electron chi connectivity index (χ0n) is 11.6. The molecule has 19 heavy (non-hydrogen) atoms. The zero-order chi connectivity index (χ0) is 13.6. The smallest absolute Gasteiger partial charge is 0.221 e. The minimum Gasteiger partial charge on any atom is -0.352 e. The third-order valence-electron chi connectivity index (χ3n) is 2.89. The Bertz CT molecular complexity index is 365. The maximum Gasteiger partial charge on any atom is 0.221 e. The SMILES string of the molecule is CC(C)CS(=O)(=O)CCC(=O)NC1CCCNC1.Cl. The first-order chi connectivity index (χ1) is 8.39. The average molecular weight is 313 g/mol. The van der Waals surface area contributed by atoms with Crippen molar-refractivity contribution < 1.29 is 13.2 Å². The van der Waals surface area contributed by atoms with E-state index in [-0.39, 0.29) is 48.2 Å². The van der Waals surface area contributed by atoms with Crippen LogP contribution in [0.3, 0.4) is 0 Å². The lowest BCUT2D eigenvalue weighted by atomic mass is 10.1. The molecule has 5 nitrogen and oxygen atoms in total. The summed E-state index contributed by atoms with van der Waals surface area (Å²) in [6, 6.07) is 0.152. The predicted octanol–water partition coefficient (Wildman–Crippen LogP) is 0.737. The molecular formula is C12H25ClN2O3S. The van der Waals surface area contributed by atoms with Gasteiger partial charge in [0.2, 0.25) is 5.91 Å². The Hall–Kier alpha value is -0.330. The third kappa shape index (κ3) is 8.44. The number of nitrogens with one attached hydrogen (secondary N) is 2. The minimum atomic E-state index is -3.09. The number of rotatable bonds is 6. The summed E-state index contributed by atoms with van der Waals surface area (Å²) < 4.78 is 23.3. The third-order valence-corrected chi connectivity index (χ3v) is 4.89. The Morgan fingerprint density at radius 2 is 2.11 bits per heavy atom. The van der Waals surface area contributed by atoms with Gasteiger partial charge in [-0.05, 0) is 25.3 Å². The van der Waals surface area contributed by atoms with Crippen LogP contribution in [0, 0.1) is 5.92 Å². The highest BCUT2D eigenvalue weighted by molar-refractivity contribution is 7.91. The first kappa shape index (κ1) is 18.7. The van der Waals surface area contributed by atoms with E-state index >= 15 is 0 Å². The van der Waals surface area contributed by atoms with Gasteiger partial charge in [0.15, 0.2) is 9.84 Å². The van der Waals surface area contributed by atoms with Crippen molar-refractivity contribution in [1.29, 1.82) is 0 Å². The van der Waals surface area contributed by atoms with Crippen molar-refractivity contribution in [3.63, 3.8) is 0 Å². The Kier molecular flexibility index (Phi) is 8.61. The van der Waals surface area contributed by atoms with Crippen LogP contribution in [0.4, 0.5) is 0 Å². The Balaban J connectivity index is 0.00000324. The monoisotopic (exact) mass is 312 g/mol. The second kappa shape index (κ2) is 8.76. The summed E-state index contributed by atoms with van der Waals surface area (Å²) in [7, 11) is -3.09. The van der Waals surface area contributed by atoms with Crippen molar-refractivity contribution in [3.05, 3.63) is 0 Å². The van der Waals surface area contributed by atoms with E-state index in [1.165, 1.54) is 0 Å². The van der Waals surface area contributed by atoms with Crippen molar-refractivity contribution in [1.82, 2.24) is 10.6 Å². The van der Waals surface area contributed by atoms with Gasteiger partial charge < -0.3 is 10.6 Å². The number of amides is 1. The van der Waals surface area contributed by atoms with E-state index in [1.54, 1.807) is 0 Å². The first-order valence-electron chi connectivity index (χ1n) is 6.59. The van der Waals surface area contributed by atoms with E-state index in [4.69, 9.17) is 0 Å². The van der Waals surface area contributed by atoms with Gasteiger partial charge >= 0.3 is 0 Å². The molecule has 1 unspecified atom stereocenters. The predicted molar refractivity (Wildman–Crippen MR) is 79.4 cm³/mol. The second-order valence-corrected chi connectivity index (χ2v) is 7.60. The fourth-order valence-electron chi connectivity index (χ4n) is 2.11. The molecule has 0 aromatic heterocycles. The molecule has 0 saturated carbocycles. The molecular weight excluding hydrogens is 288 g/mol. The molecule has 1 heterocycles. The van der Waals surface area contributed by atoms with E-state index in [0.29, 0.717) is 0 Å². The first-order valence-corrected chi connectivity index (χ1v) is 8.41. The number of carbonyl (C=O) groups is 1. The van der Waals surface area contributed by atoms with Gasteiger partial charge in [-0.2, -0.15) is 0 Å². The molecule has 1 aliphatic rings. The van der Waals surface area contributed by atoms with Crippen molar-refractivity contribution in [2.24, 2.45) is 5.92 Å². The number of piperidine rings is 1. The fraction of sp³-hybridized carbons (Fsp3) is 0.917. The van der Waals surface area contributed by atoms with Crippen LogP contribution < -0.4 is 10.6 Å². The molecule has 1 amide bonds. The lowest BCUT2D eigenvalue weighted by molar-refractivity contribution is -0.121. The number of hydrogen-bond donors (Lipinski definition) is 2. The van der Waals surface area contributed by atoms with Gasteiger partial charge in [-0.1, -0.05) is 13.8 Å². The topological polar surface area (TPSA) is 75.3 Å². The van der Waals surface area contributed by atoms with Gasteiger partial charge in [-0.15, -0.1) is 12.4 Å². The Morgan fingerprint density at radius 1 is 1.42 bits per heavy atom. The molecule has 1 aliphatic heterocycles. The van der Waals surface area contributed by atoms with Crippen LogP contribution in [0.15, 0.2) is 0 Å². The fourth-order valence-corrected chi connectivity index (χ4v) is 3.79. The van der Waals surface area contributed by atoms with Gasteiger partial charge in [-0.3, -0.25) is 4.79 Å². The summed E-state index contributed by atoms with van der Waals surface area (Å²) in [5.41, 5.74) is 0. The second-order valence-electron chi connectivity index (χ2n) is 5.37. The van der Waals surface area contributed by atoms with Crippen LogP contribution in [0.2, 0.25) is 0 Å². The van der Waals surface area contributed by atoms with Gasteiger partial charge in [-0.25, -0.2) is 8.42 Å². The zero-order valence-corrected chi connectivity index (χ0v) is 13.3. The van der Waals surface area contributed by atoms with Crippen LogP contribution >= 0.6 is 12.4 Å². The van der Waals surface area contributed by atoms with Crippen LogP contribution in [0.5, 0.6) is 0 Å². The number of halogens is 1. The summed E-state index contributed by atoms with van der Waals surface area (Å²) in [5.74, 6) is 0.0687. The Labute approximate surface area is 122 Å². The van der Waals surface area contributed by atoms with Gasteiger partial charge in [0.05, 0.1) is 11.5 Å². The maximum absolute atomic E-state index is 11.6.